The van der Waals surface area contributed by atoms with E-state index in [-0.39, 0.29) is 12.5 Å². The molecule has 1 heterocycles. The molecule has 3 heteroatoms. The molecule has 25 heavy (non-hydrogen) atoms. The Morgan fingerprint density at radius 3 is 2.40 bits per heavy atom. The number of carboxylic acids is 1. The second-order valence-electron chi connectivity index (χ2n) is 5.80. The Kier molecular flexibility index (Phi) is 11.9. The Morgan fingerprint density at radius 1 is 0.920 bits per heavy atom. The van der Waals surface area contributed by atoms with Gasteiger partial charge in [-0.1, -0.05) is 79.8 Å². The maximum absolute atomic E-state index is 10.3. The highest BCUT2D eigenvalue weighted by Crippen LogP contribution is 2.26. The third-order valence-electron chi connectivity index (χ3n) is 3.57. The number of hydrogen-bond acceptors (Lipinski definition) is 2. The molecular formula is C22H30O3. The lowest BCUT2D eigenvalue weighted by molar-refractivity contribution is -0.136. The van der Waals surface area contributed by atoms with E-state index in [1.54, 1.807) is 0 Å². The summed E-state index contributed by atoms with van der Waals surface area (Å²) >= 11 is 0. The molecule has 0 aromatic rings. The highest BCUT2D eigenvalue weighted by molar-refractivity contribution is 5.66. The van der Waals surface area contributed by atoms with Crippen LogP contribution in [0.4, 0.5) is 0 Å². The second-order valence-corrected chi connectivity index (χ2v) is 5.80. The molecule has 0 saturated carbocycles. The molecule has 3 nitrogen and oxygen atoms in total. The van der Waals surface area contributed by atoms with Crippen molar-refractivity contribution in [1.29, 1.82) is 0 Å². The maximum Gasteiger partial charge on any atom is 0.303 e. The van der Waals surface area contributed by atoms with Gasteiger partial charge in [0.15, 0.2) is 0 Å². The van der Waals surface area contributed by atoms with Crippen molar-refractivity contribution in [2.24, 2.45) is 0 Å². The summed E-state index contributed by atoms with van der Waals surface area (Å²) in [6.45, 7) is 2.14. The number of ether oxygens (including phenoxy) is 1. The van der Waals surface area contributed by atoms with Crippen LogP contribution in [0.15, 0.2) is 72.9 Å². The average Bonchev–Trinajstić information content (AvgIpc) is 3.33. The predicted molar refractivity (Wildman–Crippen MR) is 105 cm³/mol. The zero-order valence-corrected chi connectivity index (χ0v) is 15.1. The van der Waals surface area contributed by atoms with E-state index in [4.69, 9.17) is 9.84 Å². The predicted octanol–water partition coefficient (Wildman–Crippen LogP) is 5.54. The number of allylic oxidation sites excluding steroid dienone is 10. The first-order chi connectivity index (χ1) is 12.2. The van der Waals surface area contributed by atoms with Crippen LogP contribution in [0.3, 0.4) is 0 Å². The fraction of sp³-hybridized carbons (Fsp3) is 0.409. The Balaban J connectivity index is 2.01. The molecule has 0 aliphatic carbocycles. The minimum atomic E-state index is -0.748. The Morgan fingerprint density at radius 2 is 1.64 bits per heavy atom. The van der Waals surface area contributed by atoms with Crippen molar-refractivity contribution in [1.82, 2.24) is 0 Å². The van der Waals surface area contributed by atoms with Gasteiger partial charge < -0.3 is 9.84 Å². The van der Waals surface area contributed by atoms with Crippen molar-refractivity contribution < 1.29 is 14.6 Å². The molecule has 0 aromatic carbocycles. The van der Waals surface area contributed by atoms with Gasteiger partial charge in [-0.3, -0.25) is 4.79 Å². The zero-order chi connectivity index (χ0) is 18.2. The first-order valence-corrected chi connectivity index (χ1v) is 9.06. The summed E-state index contributed by atoms with van der Waals surface area (Å²) in [5, 5.41) is 8.50. The van der Waals surface area contributed by atoms with E-state index < -0.39 is 5.97 Å². The van der Waals surface area contributed by atoms with E-state index in [9.17, 15) is 4.79 Å². The van der Waals surface area contributed by atoms with Gasteiger partial charge in [-0.05, 0) is 32.1 Å². The molecule has 1 fully saturated rings. The Labute approximate surface area is 151 Å². The van der Waals surface area contributed by atoms with Gasteiger partial charge >= 0.3 is 5.97 Å². The van der Waals surface area contributed by atoms with E-state index in [0.29, 0.717) is 12.5 Å². The van der Waals surface area contributed by atoms with Gasteiger partial charge in [0, 0.05) is 6.42 Å². The van der Waals surface area contributed by atoms with Crippen molar-refractivity contribution in [2.75, 3.05) is 0 Å². The summed E-state index contributed by atoms with van der Waals surface area (Å²) < 4.78 is 5.55. The molecule has 0 bridgehead atoms. The van der Waals surface area contributed by atoms with E-state index in [0.717, 1.165) is 25.7 Å². The van der Waals surface area contributed by atoms with Crippen LogP contribution >= 0.6 is 0 Å². The number of rotatable bonds is 13. The van der Waals surface area contributed by atoms with Crippen LogP contribution < -0.4 is 0 Å². The quantitative estimate of drug-likeness (QED) is 0.272. The number of epoxide rings is 1. The van der Waals surface area contributed by atoms with Crippen LogP contribution in [0.2, 0.25) is 0 Å². The van der Waals surface area contributed by atoms with Gasteiger partial charge in [0.25, 0.3) is 0 Å². The summed E-state index contributed by atoms with van der Waals surface area (Å²) in [5.74, 6) is -0.748. The number of carbonyl (C=O) groups is 1. The molecule has 0 spiro atoms. The minimum absolute atomic E-state index is 0.202. The van der Waals surface area contributed by atoms with Crippen LogP contribution in [0.1, 0.15) is 45.4 Å². The third kappa shape index (κ3) is 12.9. The average molecular weight is 342 g/mol. The van der Waals surface area contributed by atoms with E-state index in [1.807, 2.05) is 36.5 Å². The molecule has 0 aromatic heterocycles. The SMILES string of the molecule is CC/C=C\C[C@H]1O[C@@H]1/C=C/C=C/C=C\C/C=C\C/C=C\CCC(=O)O. The first kappa shape index (κ1) is 20.9. The molecule has 0 radical (unpaired) electrons. The molecule has 1 aliphatic heterocycles. The van der Waals surface area contributed by atoms with Gasteiger partial charge in [0.1, 0.15) is 6.10 Å². The summed E-state index contributed by atoms with van der Waals surface area (Å²) in [6, 6.07) is 0. The molecule has 1 rings (SSSR count). The smallest absolute Gasteiger partial charge is 0.303 e. The van der Waals surface area contributed by atoms with Crippen molar-refractivity contribution >= 4 is 5.97 Å². The maximum atomic E-state index is 10.3. The molecule has 1 aliphatic rings. The number of carboxylic acid groups (broad SMARTS) is 1. The van der Waals surface area contributed by atoms with Crippen molar-refractivity contribution in [2.45, 2.75) is 57.7 Å². The lowest BCUT2D eigenvalue weighted by Gasteiger charge is -1.86. The Bertz CT molecular complexity index is 535. The van der Waals surface area contributed by atoms with E-state index >= 15 is 0 Å². The largest absolute Gasteiger partial charge is 0.481 e. The topological polar surface area (TPSA) is 49.8 Å². The van der Waals surface area contributed by atoms with Gasteiger partial charge in [-0.2, -0.15) is 0 Å². The number of hydrogen-bond donors (Lipinski definition) is 1. The van der Waals surface area contributed by atoms with Crippen LogP contribution in [0.5, 0.6) is 0 Å². The van der Waals surface area contributed by atoms with Crippen LogP contribution in [-0.2, 0) is 9.53 Å². The summed E-state index contributed by atoms with van der Waals surface area (Å²) in [7, 11) is 0. The van der Waals surface area contributed by atoms with Crippen LogP contribution in [0.25, 0.3) is 0 Å². The van der Waals surface area contributed by atoms with Crippen LogP contribution in [-0.4, -0.2) is 23.3 Å². The van der Waals surface area contributed by atoms with Crippen molar-refractivity contribution in [3.63, 3.8) is 0 Å². The monoisotopic (exact) mass is 342 g/mol. The van der Waals surface area contributed by atoms with Crippen molar-refractivity contribution in [3.8, 4) is 0 Å². The highest BCUT2D eigenvalue weighted by Gasteiger charge is 2.34. The van der Waals surface area contributed by atoms with Gasteiger partial charge in [-0.15, -0.1) is 0 Å². The third-order valence-corrected chi connectivity index (χ3v) is 3.57. The van der Waals surface area contributed by atoms with E-state index in [1.165, 1.54) is 0 Å². The lowest BCUT2D eigenvalue weighted by Crippen LogP contribution is -1.91. The van der Waals surface area contributed by atoms with Gasteiger partial charge in [0.05, 0.1) is 6.10 Å². The molecule has 136 valence electrons. The normalized spacial score (nSPS) is 21.2. The lowest BCUT2D eigenvalue weighted by atomic mass is 10.2. The first-order valence-electron chi connectivity index (χ1n) is 9.06. The second kappa shape index (κ2) is 14.2. The highest BCUT2D eigenvalue weighted by atomic mass is 16.6. The standard InChI is InChI=1S/C22H30O3/c1-2-3-14-17-20-21(25-20)18-15-12-10-8-6-4-5-7-9-11-13-16-19-22(23)24/h3,5-8,10-15,18,20-21H,2,4,9,16-17,19H2,1H3,(H,23,24)/b7-5-,8-6-,12-10+,13-11-,14-3-,18-15+/t20-,21-/m1/s1. The molecule has 1 N–H and O–H groups in total. The van der Waals surface area contributed by atoms with Gasteiger partial charge in [0.2, 0.25) is 0 Å². The summed E-state index contributed by atoms with van der Waals surface area (Å²) in [4.78, 5) is 10.3. The molecular weight excluding hydrogens is 312 g/mol. The zero-order valence-electron chi connectivity index (χ0n) is 15.1. The number of aliphatic carboxylic acids is 1. The van der Waals surface area contributed by atoms with Crippen molar-refractivity contribution in [3.05, 3.63) is 72.9 Å². The fourth-order valence-electron chi connectivity index (χ4n) is 2.14. The van der Waals surface area contributed by atoms with Gasteiger partial charge in [-0.25, -0.2) is 0 Å². The van der Waals surface area contributed by atoms with E-state index in [2.05, 4.69) is 43.4 Å². The van der Waals surface area contributed by atoms with Crippen LogP contribution in [0, 0.1) is 0 Å². The Hall–Kier alpha value is -2.13. The fourth-order valence-corrected chi connectivity index (χ4v) is 2.14. The summed E-state index contributed by atoms with van der Waals surface area (Å²) in [5.41, 5.74) is 0. The molecule has 0 amide bonds. The molecule has 0 unspecified atom stereocenters. The molecule has 1 saturated heterocycles. The minimum Gasteiger partial charge on any atom is -0.481 e. The summed E-state index contributed by atoms with van der Waals surface area (Å²) in [6.07, 6.45) is 30.1. The molecule has 2 atom stereocenters.